The van der Waals surface area contributed by atoms with Gasteiger partial charge in [-0.3, -0.25) is 0 Å². The first-order valence-corrected chi connectivity index (χ1v) is 7.25. The van der Waals surface area contributed by atoms with Crippen LogP contribution >= 0.6 is 0 Å². The SMILES string of the molecule is COc1cccc(CS(=O)(=O)c2ccc(N)cc2)n1. The number of hydrogen-bond acceptors (Lipinski definition) is 5. The highest BCUT2D eigenvalue weighted by Gasteiger charge is 2.16. The van der Waals surface area contributed by atoms with Gasteiger partial charge in [0.2, 0.25) is 5.88 Å². The van der Waals surface area contributed by atoms with Crippen LogP contribution in [0.1, 0.15) is 5.69 Å². The van der Waals surface area contributed by atoms with Gasteiger partial charge in [0.25, 0.3) is 0 Å². The maximum Gasteiger partial charge on any atom is 0.213 e. The van der Waals surface area contributed by atoms with Gasteiger partial charge in [0.15, 0.2) is 9.84 Å². The number of methoxy groups -OCH3 is 1. The molecule has 0 aliphatic carbocycles. The number of hydrogen-bond donors (Lipinski definition) is 1. The van der Waals surface area contributed by atoms with E-state index in [1.807, 2.05) is 0 Å². The first-order chi connectivity index (χ1) is 9.01. The number of benzene rings is 1. The maximum atomic E-state index is 12.2. The van der Waals surface area contributed by atoms with E-state index in [1.54, 1.807) is 30.3 Å². The van der Waals surface area contributed by atoms with Crippen molar-refractivity contribution in [3.63, 3.8) is 0 Å². The van der Waals surface area contributed by atoms with Crippen LogP contribution in [0.2, 0.25) is 0 Å². The van der Waals surface area contributed by atoms with E-state index in [0.717, 1.165) is 0 Å². The van der Waals surface area contributed by atoms with Gasteiger partial charge in [0.1, 0.15) is 0 Å². The number of pyridine rings is 1. The lowest BCUT2D eigenvalue weighted by Gasteiger charge is -2.06. The standard InChI is InChI=1S/C13H14N2O3S/c1-18-13-4-2-3-11(15-13)9-19(16,17)12-7-5-10(14)6-8-12/h2-8H,9,14H2,1H3. The molecular weight excluding hydrogens is 264 g/mol. The molecule has 19 heavy (non-hydrogen) atoms. The summed E-state index contributed by atoms with van der Waals surface area (Å²) in [6, 6.07) is 11.1. The summed E-state index contributed by atoms with van der Waals surface area (Å²) >= 11 is 0. The molecule has 0 unspecified atom stereocenters. The molecule has 100 valence electrons. The lowest BCUT2D eigenvalue weighted by molar-refractivity contribution is 0.396. The zero-order valence-corrected chi connectivity index (χ0v) is 11.2. The van der Waals surface area contributed by atoms with E-state index in [4.69, 9.17) is 10.5 Å². The molecule has 0 saturated carbocycles. The Morgan fingerprint density at radius 1 is 1.16 bits per heavy atom. The van der Waals surface area contributed by atoms with Crippen LogP contribution in [-0.2, 0) is 15.6 Å². The van der Waals surface area contributed by atoms with Crippen molar-refractivity contribution in [1.29, 1.82) is 0 Å². The Kier molecular flexibility index (Phi) is 3.71. The van der Waals surface area contributed by atoms with E-state index in [-0.39, 0.29) is 10.6 Å². The summed E-state index contributed by atoms with van der Waals surface area (Å²) in [5.41, 5.74) is 6.50. The van der Waals surface area contributed by atoms with Gasteiger partial charge in [-0.15, -0.1) is 0 Å². The molecule has 2 N–H and O–H groups in total. The van der Waals surface area contributed by atoms with Crippen molar-refractivity contribution >= 4 is 15.5 Å². The van der Waals surface area contributed by atoms with Gasteiger partial charge in [0, 0.05) is 11.8 Å². The number of anilines is 1. The summed E-state index contributed by atoms with van der Waals surface area (Å²) in [5.74, 6) is 0.221. The molecule has 0 bridgehead atoms. The zero-order valence-electron chi connectivity index (χ0n) is 10.4. The molecule has 1 aromatic heterocycles. The largest absolute Gasteiger partial charge is 0.481 e. The lowest BCUT2D eigenvalue weighted by atomic mass is 10.3. The summed E-state index contributed by atoms with van der Waals surface area (Å²) < 4.78 is 29.4. The Balaban J connectivity index is 2.28. The molecule has 2 aromatic rings. The molecule has 1 heterocycles. The van der Waals surface area contributed by atoms with Crippen molar-refractivity contribution in [2.24, 2.45) is 0 Å². The van der Waals surface area contributed by atoms with Crippen molar-refractivity contribution in [2.75, 3.05) is 12.8 Å². The topological polar surface area (TPSA) is 82.3 Å². The van der Waals surface area contributed by atoms with E-state index in [9.17, 15) is 8.42 Å². The van der Waals surface area contributed by atoms with Crippen molar-refractivity contribution in [1.82, 2.24) is 4.98 Å². The molecule has 5 nitrogen and oxygen atoms in total. The van der Waals surface area contributed by atoms with E-state index in [2.05, 4.69) is 4.98 Å². The molecule has 0 saturated heterocycles. The van der Waals surface area contributed by atoms with Gasteiger partial charge in [-0.05, 0) is 30.3 Å². The fraction of sp³-hybridized carbons (Fsp3) is 0.154. The Bertz CT molecular complexity index is 667. The monoisotopic (exact) mass is 278 g/mol. The smallest absolute Gasteiger partial charge is 0.213 e. The van der Waals surface area contributed by atoms with E-state index < -0.39 is 9.84 Å². The fourth-order valence-electron chi connectivity index (χ4n) is 1.60. The van der Waals surface area contributed by atoms with Crippen molar-refractivity contribution in [3.05, 3.63) is 48.2 Å². The second kappa shape index (κ2) is 5.27. The highest BCUT2D eigenvalue weighted by Crippen LogP contribution is 2.18. The third-order valence-electron chi connectivity index (χ3n) is 2.57. The van der Waals surface area contributed by atoms with Crippen molar-refractivity contribution in [2.45, 2.75) is 10.6 Å². The molecule has 2 rings (SSSR count). The highest BCUT2D eigenvalue weighted by atomic mass is 32.2. The molecule has 0 fully saturated rings. The molecule has 6 heteroatoms. The third kappa shape index (κ3) is 3.23. The second-order valence-electron chi connectivity index (χ2n) is 4.00. The van der Waals surface area contributed by atoms with Crippen LogP contribution in [-0.4, -0.2) is 20.5 Å². The van der Waals surface area contributed by atoms with Crippen molar-refractivity contribution in [3.8, 4) is 5.88 Å². The fourth-order valence-corrected chi connectivity index (χ4v) is 2.87. The predicted octanol–water partition coefficient (Wildman–Crippen LogP) is 1.65. The Morgan fingerprint density at radius 3 is 2.47 bits per heavy atom. The number of rotatable bonds is 4. The van der Waals surface area contributed by atoms with Crippen LogP contribution in [0, 0.1) is 0 Å². The average Bonchev–Trinajstić information content (AvgIpc) is 2.39. The average molecular weight is 278 g/mol. The second-order valence-corrected chi connectivity index (χ2v) is 5.99. The van der Waals surface area contributed by atoms with Crippen LogP contribution < -0.4 is 10.5 Å². The normalized spacial score (nSPS) is 11.2. The minimum Gasteiger partial charge on any atom is -0.481 e. The Morgan fingerprint density at radius 2 is 1.84 bits per heavy atom. The zero-order chi connectivity index (χ0) is 13.9. The van der Waals surface area contributed by atoms with Crippen LogP contribution in [0.4, 0.5) is 5.69 Å². The van der Waals surface area contributed by atoms with E-state index in [1.165, 1.54) is 19.2 Å². The molecule has 0 atom stereocenters. The number of nitrogens with two attached hydrogens (primary N) is 1. The number of nitrogens with zero attached hydrogens (tertiary/aromatic N) is 1. The number of sulfone groups is 1. The van der Waals surface area contributed by atoms with Gasteiger partial charge in [-0.2, -0.15) is 0 Å². The third-order valence-corrected chi connectivity index (χ3v) is 4.23. The van der Waals surface area contributed by atoms with Gasteiger partial charge in [-0.25, -0.2) is 13.4 Å². The summed E-state index contributed by atoms with van der Waals surface area (Å²) in [6.45, 7) is 0. The minimum atomic E-state index is -3.43. The van der Waals surface area contributed by atoms with Gasteiger partial charge in [0.05, 0.1) is 23.5 Å². The van der Waals surface area contributed by atoms with Gasteiger partial charge < -0.3 is 10.5 Å². The van der Waals surface area contributed by atoms with Crippen molar-refractivity contribution < 1.29 is 13.2 Å². The van der Waals surface area contributed by atoms with Crippen LogP contribution in [0.15, 0.2) is 47.4 Å². The number of aromatic nitrogens is 1. The summed E-state index contributed by atoms with van der Waals surface area (Å²) in [6.07, 6.45) is 0. The number of ether oxygens (including phenoxy) is 1. The van der Waals surface area contributed by atoms with E-state index >= 15 is 0 Å². The predicted molar refractivity (Wildman–Crippen MR) is 72.5 cm³/mol. The van der Waals surface area contributed by atoms with E-state index in [0.29, 0.717) is 17.3 Å². The molecule has 0 amide bonds. The Labute approximate surface area is 112 Å². The molecule has 0 radical (unpaired) electrons. The summed E-state index contributed by atoms with van der Waals surface area (Å²) in [4.78, 5) is 4.32. The Hall–Kier alpha value is -2.08. The molecular formula is C13H14N2O3S. The van der Waals surface area contributed by atoms with Gasteiger partial charge >= 0.3 is 0 Å². The molecule has 0 aliphatic heterocycles. The first kappa shape index (κ1) is 13.4. The molecule has 0 spiro atoms. The van der Waals surface area contributed by atoms with Crippen LogP contribution in [0.5, 0.6) is 5.88 Å². The number of nitrogen functional groups attached to an aromatic ring is 1. The highest BCUT2D eigenvalue weighted by molar-refractivity contribution is 7.90. The maximum absolute atomic E-state index is 12.2. The summed E-state index contributed by atoms with van der Waals surface area (Å²) in [5, 5.41) is 0. The molecule has 0 aliphatic rings. The van der Waals surface area contributed by atoms with Gasteiger partial charge in [-0.1, -0.05) is 6.07 Å². The first-order valence-electron chi connectivity index (χ1n) is 5.59. The lowest BCUT2D eigenvalue weighted by Crippen LogP contribution is -2.06. The van der Waals surface area contributed by atoms with Crippen LogP contribution in [0.25, 0.3) is 0 Å². The minimum absolute atomic E-state index is 0.173. The molecule has 1 aromatic carbocycles. The van der Waals surface area contributed by atoms with Crippen LogP contribution in [0.3, 0.4) is 0 Å². The summed E-state index contributed by atoms with van der Waals surface area (Å²) in [7, 11) is -1.94. The quantitative estimate of drug-likeness (QED) is 0.860.